The molecule has 0 N–H and O–H groups in total. The van der Waals surface area contributed by atoms with E-state index in [1.165, 1.54) is 0 Å². The summed E-state index contributed by atoms with van der Waals surface area (Å²) >= 11 is 0. The summed E-state index contributed by atoms with van der Waals surface area (Å²) in [5.74, 6) is 0.883. The van der Waals surface area contributed by atoms with Crippen LogP contribution in [-0.2, 0) is 0 Å². The molecule has 17 heavy (non-hydrogen) atoms. The van der Waals surface area contributed by atoms with Gasteiger partial charge in [-0.15, -0.1) is 0 Å². The predicted molar refractivity (Wildman–Crippen MR) is 72.3 cm³/mol. The molecule has 1 rings (SSSR count). The van der Waals surface area contributed by atoms with E-state index in [4.69, 9.17) is 0 Å². The highest BCUT2D eigenvalue weighted by atomic mass is 16.1. The first kappa shape index (κ1) is 13.9. The van der Waals surface area contributed by atoms with Crippen molar-refractivity contribution in [3.63, 3.8) is 0 Å². The van der Waals surface area contributed by atoms with Crippen LogP contribution in [0.5, 0.6) is 0 Å². The molecule has 0 aromatic heterocycles. The SMILES string of the molecule is CC(C)CCN(C)C(C)C(=O)c1ccccc1. The van der Waals surface area contributed by atoms with Gasteiger partial charge in [-0.05, 0) is 32.9 Å². The molecule has 1 atom stereocenters. The van der Waals surface area contributed by atoms with E-state index in [1.807, 2.05) is 44.3 Å². The van der Waals surface area contributed by atoms with E-state index >= 15 is 0 Å². The topological polar surface area (TPSA) is 20.3 Å². The Labute approximate surface area is 105 Å². The lowest BCUT2D eigenvalue weighted by molar-refractivity contribution is 0.0864. The summed E-state index contributed by atoms with van der Waals surface area (Å²) in [6.45, 7) is 7.36. The number of Topliss-reactive ketones (excluding diaryl/α,β-unsaturated/α-hetero) is 1. The minimum atomic E-state index is -0.0452. The van der Waals surface area contributed by atoms with Crippen molar-refractivity contribution < 1.29 is 4.79 Å². The van der Waals surface area contributed by atoms with E-state index in [2.05, 4.69) is 18.7 Å². The molecule has 1 aromatic rings. The van der Waals surface area contributed by atoms with Crippen molar-refractivity contribution in [3.8, 4) is 0 Å². The highest BCUT2D eigenvalue weighted by Crippen LogP contribution is 2.09. The first-order chi connectivity index (χ1) is 8.02. The normalized spacial score (nSPS) is 13.1. The predicted octanol–water partition coefficient (Wildman–Crippen LogP) is 3.24. The van der Waals surface area contributed by atoms with Crippen LogP contribution < -0.4 is 0 Å². The number of benzene rings is 1. The first-order valence-corrected chi connectivity index (χ1v) is 6.32. The van der Waals surface area contributed by atoms with E-state index in [9.17, 15) is 4.79 Å². The average molecular weight is 233 g/mol. The Kier molecular flexibility index (Phi) is 5.36. The molecular weight excluding hydrogens is 210 g/mol. The quantitative estimate of drug-likeness (QED) is 0.703. The van der Waals surface area contributed by atoms with Gasteiger partial charge in [0.05, 0.1) is 6.04 Å². The summed E-state index contributed by atoms with van der Waals surface area (Å²) in [6.07, 6.45) is 1.13. The van der Waals surface area contributed by atoms with Crippen LogP contribution in [0.15, 0.2) is 30.3 Å². The molecule has 0 fully saturated rings. The Morgan fingerprint density at radius 3 is 2.29 bits per heavy atom. The molecule has 0 aliphatic rings. The molecule has 1 unspecified atom stereocenters. The number of carbonyl (C=O) groups excluding carboxylic acids is 1. The van der Waals surface area contributed by atoms with Crippen molar-refractivity contribution in [2.24, 2.45) is 5.92 Å². The lowest BCUT2D eigenvalue weighted by Gasteiger charge is -2.24. The van der Waals surface area contributed by atoms with Crippen LogP contribution in [0, 0.1) is 5.92 Å². The van der Waals surface area contributed by atoms with Gasteiger partial charge in [0, 0.05) is 5.56 Å². The number of hydrogen-bond donors (Lipinski definition) is 0. The summed E-state index contributed by atoms with van der Waals surface area (Å²) in [5, 5.41) is 0. The molecule has 0 bridgehead atoms. The second-order valence-corrected chi connectivity index (χ2v) is 5.07. The van der Waals surface area contributed by atoms with Crippen molar-refractivity contribution >= 4 is 5.78 Å². The summed E-state index contributed by atoms with van der Waals surface area (Å²) < 4.78 is 0. The maximum absolute atomic E-state index is 12.2. The Morgan fingerprint density at radius 1 is 1.18 bits per heavy atom. The van der Waals surface area contributed by atoms with Gasteiger partial charge < -0.3 is 0 Å². The first-order valence-electron chi connectivity index (χ1n) is 6.32. The van der Waals surface area contributed by atoms with Crippen LogP contribution in [0.25, 0.3) is 0 Å². The number of rotatable bonds is 6. The van der Waals surface area contributed by atoms with E-state index in [0.717, 1.165) is 18.5 Å². The van der Waals surface area contributed by atoms with E-state index in [-0.39, 0.29) is 11.8 Å². The Bertz CT molecular complexity index is 345. The third-order valence-corrected chi connectivity index (χ3v) is 3.16. The van der Waals surface area contributed by atoms with E-state index in [1.54, 1.807) is 0 Å². The highest BCUT2D eigenvalue weighted by Gasteiger charge is 2.19. The number of ketones is 1. The number of carbonyl (C=O) groups is 1. The number of hydrogen-bond acceptors (Lipinski definition) is 2. The smallest absolute Gasteiger partial charge is 0.179 e. The minimum absolute atomic E-state index is 0.0452. The summed E-state index contributed by atoms with van der Waals surface area (Å²) in [6, 6.07) is 9.48. The fraction of sp³-hybridized carbons (Fsp3) is 0.533. The maximum Gasteiger partial charge on any atom is 0.179 e. The molecule has 2 heteroatoms. The second kappa shape index (κ2) is 6.55. The van der Waals surface area contributed by atoms with Crippen molar-refractivity contribution in [1.82, 2.24) is 4.90 Å². The van der Waals surface area contributed by atoms with Crippen LogP contribution in [0.2, 0.25) is 0 Å². The Hall–Kier alpha value is -1.15. The van der Waals surface area contributed by atoms with Gasteiger partial charge in [-0.2, -0.15) is 0 Å². The van der Waals surface area contributed by atoms with Crippen molar-refractivity contribution in [2.75, 3.05) is 13.6 Å². The van der Waals surface area contributed by atoms with E-state index in [0.29, 0.717) is 5.92 Å². The van der Waals surface area contributed by atoms with Gasteiger partial charge in [0.1, 0.15) is 0 Å². The lowest BCUT2D eigenvalue weighted by atomic mass is 10.0. The molecule has 0 saturated carbocycles. The Morgan fingerprint density at radius 2 is 1.76 bits per heavy atom. The fourth-order valence-electron chi connectivity index (χ4n) is 1.70. The van der Waals surface area contributed by atoms with Crippen LogP contribution >= 0.6 is 0 Å². The molecule has 0 saturated heterocycles. The van der Waals surface area contributed by atoms with Crippen molar-refractivity contribution in [1.29, 1.82) is 0 Å². The van der Waals surface area contributed by atoms with Gasteiger partial charge in [-0.25, -0.2) is 0 Å². The Balaban J connectivity index is 2.57. The zero-order chi connectivity index (χ0) is 12.8. The second-order valence-electron chi connectivity index (χ2n) is 5.07. The lowest BCUT2D eigenvalue weighted by Crippen LogP contribution is -2.37. The average Bonchev–Trinajstić information content (AvgIpc) is 2.35. The zero-order valence-electron chi connectivity index (χ0n) is 11.3. The standard InChI is InChI=1S/C15H23NO/c1-12(2)10-11-16(4)13(3)15(17)14-8-6-5-7-9-14/h5-9,12-13H,10-11H2,1-4H3. The molecule has 1 aromatic carbocycles. The fourth-order valence-corrected chi connectivity index (χ4v) is 1.70. The molecule has 94 valence electrons. The molecular formula is C15H23NO. The molecule has 0 aliphatic heterocycles. The summed E-state index contributed by atoms with van der Waals surface area (Å²) in [4.78, 5) is 14.3. The zero-order valence-corrected chi connectivity index (χ0v) is 11.3. The third-order valence-electron chi connectivity index (χ3n) is 3.16. The van der Waals surface area contributed by atoms with Gasteiger partial charge in [0.25, 0.3) is 0 Å². The largest absolute Gasteiger partial charge is 0.297 e. The van der Waals surface area contributed by atoms with Crippen LogP contribution in [-0.4, -0.2) is 30.3 Å². The van der Waals surface area contributed by atoms with E-state index < -0.39 is 0 Å². The molecule has 0 radical (unpaired) electrons. The molecule has 2 nitrogen and oxygen atoms in total. The number of nitrogens with zero attached hydrogens (tertiary/aromatic N) is 1. The minimum Gasteiger partial charge on any atom is -0.297 e. The summed E-state index contributed by atoms with van der Waals surface area (Å²) in [7, 11) is 2.02. The maximum atomic E-state index is 12.2. The van der Waals surface area contributed by atoms with Crippen LogP contribution in [0.1, 0.15) is 37.6 Å². The third kappa shape index (κ3) is 4.31. The molecule has 0 spiro atoms. The molecule has 0 amide bonds. The van der Waals surface area contributed by atoms with Gasteiger partial charge in [0.2, 0.25) is 0 Å². The van der Waals surface area contributed by atoms with Crippen molar-refractivity contribution in [2.45, 2.75) is 33.2 Å². The summed E-state index contributed by atoms with van der Waals surface area (Å²) in [5.41, 5.74) is 0.802. The van der Waals surface area contributed by atoms with Gasteiger partial charge in [-0.1, -0.05) is 44.2 Å². The van der Waals surface area contributed by atoms with Gasteiger partial charge >= 0.3 is 0 Å². The van der Waals surface area contributed by atoms with Crippen LogP contribution in [0.4, 0.5) is 0 Å². The number of likely N-dealkylation sites (N-methyl/N-ethyl adjacent to an activating group) is 1. The van der Waals surface area contributed by atoms with Gasteiger partial charge in [0.15, 0.2) is 5.78 Å². The highest BCUT2D eigenvalue weighted by molar-refractivity contribution is 5.99. The molecule has 0 heterocycles. The molecule has 0 aliphatic carbocycles. The van der Waals surface area contributed by atoms with Gasteiger partial charge in [-0.3, -0.25) is 9.69 Å². The monoisotopic (exact) mass is 233 g/mol. The van der Waals surface area contributed by atoms with Crippen LogP contribution in [0.3, 0.4) is 0 Å². The van der Waals surface area contributed by atoms with Crippen molar-refractivity contribution in [3.05, 3.63) is 35.9 Å².